The smallest absolute Gasteiger partial charge is 0.335 e. The van der Waals surface area contributed by atoms with Crippen LogP contribution in [0, 0.1) is 0 Å². The van der Waals surface area contributed by atoms with Crippen LogP contribution in [0.25, 0.3) is 16.9 Å². The summed E-state index contributed by atoms with van der Waals surface area (Å²) in [5.41, 5.74) is 6.98. The standard InChI is InChI=1S/C24H18N4O4/c29-23(30)17-6-10-20(11-7-17)26-25-14-19-15-28(21-12-8-18(9-13-21)24(31)32)27-22(19)16-4-2-1-3-5-16/h1-15,26H,(H,29,30)(H,31,32)/b25-14+. The van der Waals surface area contributed by atoms with Crippen LogP contribution in [0.15, 0.2) is 90.2 Å². The van der Waals surface area contributed by atoms with Crippen LogP contribution in [-0.4, -0.2) is 38.1 Å². The van der Waals surface area contributed by atoms with Gasteiger partial charge in [-0.15, -0.1) is 0 Å². The van der Waals surface area contributed by atoms with E-state index in [9.17, 15) is 9.59 Å². The van der Waals surface area contributed by atoms with Crippen molar-refractivity contribution in [2.75, 3.05) is 5.43 Å². The van der Waals surface area contributed by atoms with Crippen molar-refractivity contribution in [2.45, 2.75) is 0 Å². The van der Waals surface area contributed by atoms with E-state index in [1.165, 1.54) is 24.3 Å². The predicted octanol–water partition coefficient (Wildman–Crippen LogP) is 4.38. The quantitative estimate of drug-likeness (QED) is 0.298. The van der Waals surface area contributed by atoms with E-state index in [0.717, 1.165) is 11.1 Å². The van der Waals surface area contributed by atoms with Crippen molar-refractivity contribution in [2.24, 2.45) is 5.10 Å². The molecule has 0 aliphatic carbocycles. The average Bonchev–Trinajstić information content (AvgIpc) is 3.24. The first-order valence-corrected chi connectivity index (χ1v) is 9.62. The van der Waals surface area contributed by atoms with Crippen molar-refractivity contribution >= 4 is 23.8 Å². The summed E-state index contributed by atoms with van der Waals surface area (Å²) >= 11 is 0. The Morgan fingerprint density at radius 2 is 1.44 bits per heavy atom. The summed E-state index contributed by atoms with van der Waals surface area (Å²) < 4.78 is 1.66. The number of hydrogen-bond donors (Lipinski definition) is 3. The molecule has 0 bridgehead atoms. The monoisotopic (exact) mass is 426 g/mol. The molecule has 158 valence electrons. The summed E-state index contributed by atoms with van der Waals surface area (Å²) in [6.07, 6.45) is 3.43. The molecule has 3 aromatic carbocycles. The van der Waals surface area contributed by atoms with Crippen LogP contribution in [0.2, 0.25) is 0 Å². The minimum absolute atomic E-state index is 0.195. The Morgan fingerprint density at radius 3 is 2.03 bits per heavy atom. The van der Waals surface area contributed by atoms with Crippen molar-refractivity contribution in [1.82, 2.24) is 9.78 Å². The number of hydrogen-bond acceptors (Lipinski definition) is 5. The Bertz CT molecular complexity index is 1280. The Hall–Kier alpha value is -4.72. The van der Waals surface area contributed by atoms with Gasteiger partial charge in [0.1, 0.15) is 5.69 Å². The number of carboxylic acid groups (broad SMARTS) is 2. The predicted molar refractivity (Wildman–Crippen MR) is 121 cm³/mol. The molecule has 0 atom stereocenters. The lowest BCUT2D eigenvalue weighted by Gasteiger charge is -2.02. The summed E-state index contributed by atoms with van der Waals surface area (Å²) in [6.45, 7) is 0. The zero-order valence-electron chi connectivity index (χ0n) is 16.7. The maximum Gasteiger partial charge on any atom is 0.335 e. The van der Waals surface area contributed by atoms with Gasteiger partial charge in [0.25, 0.3) is 0 Å². The first kappa shape index (κ1) is 20.5. The molecule has 0 saturated heterocycles. The maximum absolute atomic E-state index is 11.1. The molecule has 0 aliphatic rings. The molecule has 0 saturated carbocycles. The average molecular weight is 426 g/mol. The van der Waals surface area contributed by atoms with E-state index in [-0.39, 0.29) is 11.1 Å². The highest BCUT2D eigenvalue weighted by molar-refractivity contribution is 5.90. The number of benzene rings is 3. The van der Waals surface area contributed by atoms with E-state index in [1.54, 1.807) is 41.4 Å². The fourth-order valence-electron chi connectivity index (χ4n) is 3.05. The van der Waals surface area contributed by atoms with Gasteiger partial charge in [-0.25, -0.2) is 14.3 Å². The van der Waals surface area contributed by atoms with Gasteiger partial charge < -0.3 is 10.2 Å². The highest BCUT2D eigenvalue weighted by Crippen LogP contribution is 2.23. The summed E-state index contributed by atoms with van der Waals surface area (Å²) in [6, 6.07) is 22.3. The van der Waals surface area contributed by atoms with Crippen molar-refractivity contribution in [3.8, 4) is 16.9 Å². The number of hydrazone groups is 1. The van der Waals surface area contributed by atoms with Crippen LogP contribution in [0.4, 0.5) is 5.69 Å². The maximum atomic E-state index is 11.1. The largest absolute Gasteiger partial charge is 0.478 e. The van der Waals surface area contributed by atoms with Gasteiger partial charge >= 0.3 is 11.9 Å². The van der Waals surface area contributed by atoms with Crippen molar-refractivity contribution in [3.63, 3.8) is 0 Å². The van der Waals surface area contributed by atoms with Gasteiger partial charge in [0, 0.05) is 17.3 Å². The number of nitrogens with one attached hydrogen (secondary N) is 1. The lowest BCUT2D eigenvalue weighted by Crippen LogP contribution is -1.98. The van der Waals surface area contributed by atoms with E-state index >= 15 is 0 Å². The van der Waals surface area contributed by atoms with Crippen molar-refractivity contribution in [1.29, 1.82) is 0 Å². The van der Waals surface area contributed by atoms with E-state index in [2.05, 4.69) is 15.6 Å². The molecular formula is C24H18N4O4. The number of anilines is 1. The zero-order chi connectivity index (χ0) is 22.5. The van der Waals surface area contributed by atoms with Crippen LogP contribution in [0.3, 0.4) is 0 Å². The molecule has 0 spiro atoms. The normalized spacial score (nSPS) is 10.9. The fourth-order valence-corrected chi connectivity index (χ4v) is 3.05. The summed E-state index contributed by atoms with van der Waals surface area (Å²) in [4.78, 5) is 22.1. The van der Waals surface area contributed by atoms with E-state index < -0.39 is 11.9 Å². The number of carbonyl (C=O) groups is 2. The number of carboxylic acids is 2. The Labute approximate surface area is 183 Å². The lowest BCUT2D eigenvalue weighted by atomic mass is 10.1. The summed E-state index contributed by atoms with van der Waals surface area (Å²) in [5.74, 6) is -1.98. The molecule has 1 heterocycles. The van der Waals surface area contributed by atoms with Gasteiger partial charge in [-0.2, -0.15) is 10.2 Å². The molecule has 32 heavy (non-hydrogen) atoms. The Balaban J connectivity index is 1.63. The Kier molecular flexibility index (Phi) is 5.76. The van der Waals surface area contributed by atoms with Gasteiger partial charge in [-0.3, -0.25) is 5.43 Å². The number of aromatic carboxylic acids is 2. The molecule has 3 N–H and O–H groups in total. The SMILES string of the molecule is O=C(O)c1ccc(N/N=C/c2cn(-c3ccc(C(=O)O)cc3)nc2-c2ccccc2)cc1. The molecule has 0 unspecified atom stereocenters. The third-order valence-electron chi connectivity index (χ3n) is 4.70. The molecule has 0 fully saturated rings. The van der Waals surface area contributed by atoms with Crippen LogP contribution in [-0.2, 0) is 0 Å². The van der Waals surface area contributed by atoms with Crippen LogP contribution in [0.1, 0.15) is 26.3 Å². The second-order valence-corrected chi connectivity index (χ2v) is 6.85. The third-order valence-corrected chi connectivity index (χ3v) is 4.70. The third kappa shape index (κ3) is 4.54. The number of nitrogens with zero attached hydrogens (tertiary/aromatic N) is 3. The van der Waals surface area contributed by atoms with Crippen LogP contribution >= 0.6 is 0 Å². The van der Waals surface area contributed by atoms with Gasteiger partial charge in [-0.1, -0.05) is 30.3 Å². The molecule has 8 heteroatoms. The molecule has 4 rings (SSSR count). The van der Waals surface area contributed by atoms with E-state index in [1.807, 2.05) is 30.3 Å². The molecular weight excluding hydrogens is 408 g/mol. The van der Waals surface area contributed by atoms with E-state index in [4.69, 9.17) is 10.2 Å². The minimum atomic E-state index is -0.989. The second-order valence-electron chi connectivity index (χ2n) is 6.85. The molecule has 4 aromatic rings. The van der Waals surface area contributed by atoms with Crippen molar-refractivity contribution < 1.29 is 19.8 Å². The second kappa shape index (κ2) is 8.97. The highest BCUT2D eigenvalue weighted by atomic mass is 16.4. The molecule has 0 radical (unpaired) electrons. The summed E-state index contributed by atoms with van der Waals surface area (Å²) in [7, 11) is 0. The molecule has 8 nitrogen and oxygen atoms in total. The van der Waals surface area contributed by atoms with Gasteiger partial charge in [0.15, 0.2) is 0 Å². The number of rotatable bonds is 7. The highest BCUT2D eigenvalue weighted by Gasteiger charge is 2.12. The molecule has 1 aromatic heterocycles. The number of aromatic nitrogens is 2. The van der Waals surface area contributed by atoms with Gasteiger partial charge in [-0.05, 0) is 48.5 Å². The topological polar surface area (TPSA) is 117 Å². The fraction of sp³-hybridized carbons (Fsp3) is 0. The summed E-state index contributed by atoms with van der Waals surface area (Å²) in [5, 5.41) is 27.0. The molecule has 0 aliphatic heterocycles. The minimum Gasteiger partial charge on any atom is -0.478 e. The lowest BCUT2D eigenvalue weighted by molar-refractivity contribution is 0.0686. The van der Waals surface area contributed by atoms with Crippen molar-refractivity contribution in [3.05, 3.63) is 102 Å². The van der Waals surface area contributed by atoms with Gasteiger partial charge in [0.05, 0.1) is 28.7 Å². The first-order valence-electron chi connectivity index (χ1n) is 9.62. The van der Waals surface area contributed by atoms with Gasteiger partial charge in [0.2, 0.25) is 0 Å². The first-order chi connectivity index (χ1) is 15.5. The van der Waals surface area contributed by atoms with E-state index in [0.29, 0.717) is 17.1 Å². The van der Waals surface area contributed by atoms with Crippen LogP contribution in [0.5, 0.6) is 0 Å². The molecule has 0 amide bonds. The van der Waals surface area contributed by atoms with Crippen LogP contribution < -0.4 is 5.43 Å². The Morgan fingerprint density at radius 1 is 0.844 bits per heavy atom. The zero-order valence-corrected chi connectivity index (χ0v) is 16.7.